The molecule has 0 bridgehead atoms. The third kappa shape index (κ3) is 4.51. The molecule has 0 saturated carbocycles. The van der Waals surface area contributed by atoms with Crippen LogP contribution in [-0.2, 0) is 4.79 Å². The van der Waals surface area contributed by atoms with Crippen molar-refractivity contribution in [3.8, 4) is 0 Å². The molecule has 1 amide bonds. The molecule has 1 rings (SSSR count). The van der Waals surface area contributed by atoms with E-state index in [2.05, 4.69) is 5.32 Å². The number of nitrogens with one attached hydrogen (secondary N) is 1. The predicted molar refractivity (Wildman–Crippen MR) is 80.3 cm³/mol. The van der Waals surface area contributed by atoms with Crippen molar-refractivity contribution < 1.29 is 4.79 Å². The molecule has 0 spiro atoms. The van der Waals surface area contributed by atoms with Gasteiger partial charge < -0.3 is 10.2 Å². The summed E-state index contributed by atoms with van der Waals surface area (Å²) in [7, 11) is 1.84. The predicted octanol–water partition coefficient (Wildman–Crippen LogP) is 3.11. The molecule has 4 heteroatoms. The highest BCUT2D eigenvalue weighted by atomic mass is 35.5. The van der Waals surface area contributed by atoms with Crippen LogP contribution < -0.4 is 5.32 Å². The van der Waals surface area contributed by atoms with E-state index < -0.39 is 0 Å². The third-order valence-electron chi connectivity index (χ3n) is 3.38. The van der Waals surface area contributed by atoms with E-state index in [9.17, 15) is 4.79 Å². The summed E-state index contributed by atoms with van der Waals surface area (Å²) in [5.74, 6) is 0.125. The number of amides is 1. The Kier molecular flexibility index (Phi) is 6.32. The topological polar surface area (TPSA) is 32.3 Å². The number of hydrogen-bond donors (Lipinski definition) is 1. The molecule has 0 aliphatic heterocycles. The molecule has 0 heterocycles. The Morgan fingerprint density at radius 2 is 2.11 bits per heavy atom. The molecule has 0 radical (unpaired) electrons. The minimum atomic E-state index is -0.0217. The Bertz CT molecular complexity index is 422. The molecule has 19 heavy (non-hydrogen) atoms. The zero-order chi connectivity index (χ0) is 14.4. The molecule has 1 N–H and O–H groups in total. The lowest BCUT2D eigenvalue weighted by Gasteiger charge is -2.28. The van der Waals surface area contributed by atoms with Crippen LogP contribution in [0.25, 0.3) is 0 Å². The summed E-state index contributed by atoms with van der Waals surface area (Å²) >= 11 is 5.99. The van der Waals surface area contributed by atoms with Crippen molar-refractivity contribution in [3.05, 3.63) is 34.9 Å². The fraction of sp³-hybridized carbons (Fsp3) is 0.533. The fourth-order valence-electron chi connectivity index (χ4n) is 1.98. The Morgan fingerprint density at radius 1 is 1.42 bits per heavy atom. The second kappa shape index (κ2) is 7.51. The molecular formula is C15H23ClN2O. The third-order valence-corrected chi connectivity index (χ3v) is 3.62. The number of halogens is 1. The molecule has 2 unspecified atom stereocenters. The zero-order valence-corrected chi connectivity index (χ0v) is 12.9. The van der Waals surface area contributed by atoms with Crippen LogP contribution in [0.1, 0.15) is 32.4 Å². The van der Waals surface area contributed by atoms with Crippen molar-refractivity contribution in [3.63, 3.8) is 0 Å². The molecule has 106 valence electrons. The van der Waals surface area contributed by atoms with Crippen LogP contribution in [0, 0.1) is 5.92 Å². The lowest BCUT2D eigenvalue weighted by atomic mass is 10.0. The molecule has 1 aromatic carbocycles. The highest BCUT2D eigenvalue weighted by molar-refractivity contribution is 6.30. The van der Waals surface area contributed by atoms with E-state index in [1.807, 2.05) is 52.1 Å². The van der Waals surface area contributed by atoms with Gasteiger partial charge in [-0.2, -0.15) is 0 Å². The molecule has 0 saturated heterocycles. The minimum Gasteiger partial charge on any atom is -0.339 e. The Morgan fingerprint density at radius 3 is 2.68 bits per heavy atom. The highest BCUT2D eigenvalue weighted by Gasteiger charge is 2.22. The van der Waals surface area contributed by atoms with Gasteiger partial charge >= 0.3 is 0 Å². The van der Waals surface area contributed by atoms with E-state index in [1.165, 1.54) is 0 Å². The average molecular weight is 283 g/mol. The molecule has 3 nitrogen and oxygen atoms in total. The largest absolute Gasteiger partial charge is 0.339 e. The van der Waals surface area contributed by atoms with Crippen LogP contribution in [-0.4, -0.2) is 30.9 Å². The van der Waals surface area contributed by atoms with Gasteiger partial charge in [-0.1, -0.05) is 37.6 Å². The maximum absolute atomic E-state index is 12.3. The number of benzene rings is 1. The summed E-state index contributed by atoms with van der Waals surface area (Å²) < 4.78 is 0. The monoisotopic (exact) mass is 282 g/mol. The van der Waals surface area contributed by atoms with E-state index in [0.717, 1.165) is 12.1 Å². The molecule has 0 fully saturated rings. The number of rotatable bonds is 6. The smallest absolute Gasteiger partial charge is 0.226 e. The summed E-state index contributed by atoms with van der Waals surface area (Å²) in [6, 6.07) is 7.68. The van der Waals surface area contributed by atoms with Gasteiger partial charge in [0.05, 0.1) is 6.04 Å². The van der Waals surface area contributed by atoms with Crippen LogP contribution >= 0.6 is 11.6 Å². The summed E-state index contributed by atoms with van der Waals surface area (Å²) in [5, 5.41) is 3.90. The first-order valence-corrected chi connectivity index (χ1v) is 7.08. The van der Waals surface area contributed by atoms with Crippen molar-refractivity contribution in [2.24, 2.45) is 5.92 Å². The number of carbonyl (C=O) groups excluding carboxylic acids is 1. The standard InChI is InChI=1S/C15H23ClN2O/c1-5-17-10-11(2)15(19)18(4)12(3)13-7-6-8-14(16)9-13/h6-9,11-12,17H,5,10H2,1-4H3. The summed E-state index contributed by atoms with van der Waals surface area (Å²) in [6.45, 7) is 7.60. The van der Waals surface area contributed by atoms with E-state index in [4.69, 9.17) is 11.6 Å². The molecule has 0 aromatic heterocycles. The molecular weight excluding hydrogens is 260 g/mol. The Labute approximate surface area is 120 Å². The van der Waals surface area contributed by atoms with Crippen LogP contribution in [0.15, 0.2) is 24.3 Å². The van der Waals surface area contributed by atoms with Gasteiger partial charge in [0, 0.05) is 24.5 Å². The van der Waals surface area contributed by atoms with Crippen LogP contribution in [0.5, 0.6) is 0 Å². The van der Waals surface area contributed by atoms with Crippen molar-refractivity contribution in [2.45, 2.75) is 26.8 Å². The summed E-state index contributed by atoms with van der Waals surface area (Å²) in [6.07, 6.45) is 0. The first kappa shape index (κ1) is 16.0. The quantitative estimate of drug-likeness (QED) is 0.869. The number of hydrogen-bond acceptors (Lipinski definition) is 2. The van der Waals surface area contributed by atoms with Gasteiger partial charge in [0.25, 0.3) is 0 Å². The van der Waals surface area contributed by atoms with E-state index in [0.29, 0.717) is 11.6 Å². The first-order chi connectivity index (χ1) is 8.97. The van der Waals surface area contributed by atoms with Crippen LogP contribution in [0.4, 0.5) is 0 Å². The van der Waals surface area contributed by atoms with Gasteiger partial charge in [0.1, 0.15) is 0 Å². The lowest BCUT2D eigenvalue weighted by molar-refractivity contribution is -0.135. The normalized spacial score (nSPS) is 13.9. The van der Waals surface area contributed by atoms with E-state index in [-0.39, 0.29) is 17.9 Å². The Hall–Kier alpha value is -1.06. The van der Waals surface area contributed by atoms with E-state index in [1.54, 1.807) is 4.90 Å². The van der Waals surface area contributed by atoms with Gasteiger partial charge in [-0.05, 0) is 31.2 Å². The fourth-order valence-corrected chi connectivity index (χ4v) is 2.18. The molecule has 1 aromatic rings. The number of carbonyl (C=O) groups is 1. The van der Waals surface area contributed by atoms with Gasteiger partial charge in [-0.15, -0.1) is 0 Å². The van der Waals surface area contributed by atoms with Crippen molar-refractivity contribution in [2.75, 3.05) is 20.1 Å². The van der Waals surface area contributed by atoms with Gasteiger partial charge in [-0.3, -0.25) is 4.79 Å². The van der Waals surface area contributed by atoms with Gasteiger partial charge in [-0.25, -0.2) is 0 Å². The lowest BCUT2D eigenvalue weighted by Crippen LogP contribution is -2.38. The van der Waals surface area contributed by atoms with E-state index >= 15 is 0 Å². The minimum absolute atomic E-state index is 0.0217. The van der Waals surface area contributed by atoms with Crippen molar-refractivity contribution >= 4 is 17.5 Å². The van der Waals surface area contributed by atoms with Gasteiger partial charge in [0.2, 0.25) is 5.91 Å². The molecule has 0 aliphatic rings. The summed E-state index contributed by atoms with van der Waals surface area (Å²) in [5.41, 5.74) is 1.05. The van der Waals surface area contributed by atoms with Crippen LogP contribution in [0.3, 0.4) is 0 Å². The van der Waals surface area contributed by atoms with Crippen LogP contribution in [0.2, 0.25) is 5.02 Å². The Balaban J connectivity index is 2.70. The highest BCUT2D eigenvalue weighted by Crippen LogP contribution is 2.23. The SMILES string of the molecule is CCNCC(C)C(=O)N(C)C(C)c1cccc(Cl)c1. The second-order valence-electron chi connectivity index (χ2n) is 4.89. The zero-order valence-electron chi connectivity index (χ0n) is 12.1. The van der Waals surface area contributed by atoms with Gasteiger partial charge in [0.15, 0.2) is 0 Å². The van der Waals surface area contributed by atoms with Crippen molar-refractivity contribution in [1.82, 2.24) is 10.2 Å². The average Bonchev–Trinajstić information content (AvgIpc) is 2.42. The molecule has 0 aliphatic carbocycles. The second-order valence-corrected chi connectivity index (χ2v) is 5.33. The first-order valence-electron chi connectivity index (χ1n) is 6.70. The number of nitrogens with zero attached hydrogens (tertiary/aromatic N) is 1. The maximum atomic E-state index is 12.3. The maximum Gasteiger partial charge on any atom is 0.226 e. The van der Waals surface area contributed by atoms with Crippen molar-refractivity contribution in [1.29, 1.82) is 0 Å². The summed E-state index contributed by atoms with van der Waals surface area (Å²) in [4.78, 5) is 14.1. The molecule has 2 atom stereocenters.